The second-order valence-electron chi connectivity index (χ2n) is 4.07. The summed E-state index contributed by atoms with van der Waals surface area (Å²) in [6, 6.07) is 1.95. The standard InChI is InChI=1S/C12H12N4O2S2/c1-16-9(5-17)4-13-12(16)20-7-10-14-11(18-15-10)8-2-3-19-6-8/h2-4,6,17H,5,7H2,1H3. The maximum absolute atomic E-state index is 9.12. The van der Waals surface area contributed by atoms with E-state index >= 15 is 0 Å². The molecule has 3 heterocycles. The quantitative estimate of drug-likeness (QED) is 0.729. The van der Waals surface area contributed by atoms with Gasteiger partial charge in [-0.3, -0.25) is 0 Å². The second-order valence-corrected chi connectivity index (χ2v) is 5.79. The molecule has 3 aromatic heterocycles. The number of thioether (sulfide) groups is 1. The van der Waals surface area contributed by atoms with Crippen LogP contribution in [0.4, 0.5) is 0 Å². The lowest BCUT2D eigenvalue weighted by Crippen LogP contribution is -1.97. The summed E-state index contributed by atoms with van der Waals surface area (Å²) in [4.78, 5) is 8.59. The Labute approximate surface area is 123 Å². The molecule has 0 aromatic carbocycles. The Balaban J connectivity index is 1.68. The van der Waals surface area contributed by atoms with Crippen molar-refractivity contribution < 1.29 is 9.63 Å². The van der Waals surface area contributed by atoms with Crippen LogP contribution in [-0.4, -0.2) is 24.8 Å². The van der Waals surface area contributed by atoms with Gasteiger partial charge in [0, 0.05) is 12.4 Å². The summed E-state index contributed by atoms with van der Waals surface area (Å²) >= 11 is 3.10. The highest BCUT2D eigenvalue weighted by Gasteiger charge is 2.11. The second kappa shape index (κ2) is 5.78. The van der Waals surface area contributed by atoms with E-state index in [1.807, 2.05) is 28.4 Å². The number of aliphatic hydroxyl groups is 1. The molecular weight excluding hydrogens is 296 g/mol. The van der Waals surface area contributed by atoms with E-state index in [1.165, 1.54) is 11.8 Å². The molecule has 1 N–H and O–H groups in total. The molecule has 0 aliphatic heterocycles. The van der Waals surface area contributed by atoms with Crippen molar-refractivity contribution in [2.45, 2.75) is 17.5 Å². The Morgan fingerprint density at radius 3 is 3.10 bits per heavy atom. The molecule has 20 heavy (non-hydrogen) atoms. The minimum absolute atomic E-state index is 0.0193. The maximum atomic E-state index is 9.12. The van der Waals surface area contributed by atoms with Crippen molar-refractivity contribution in [2.75, 3.05) is 0 Å². The van der Waals surface area contributed by atoms with Gasteiger partial charge in [-0.05, 0) is 11.4 Å². The summed E-state index contributed by atoms with van der Waals surface area (Å²) in [5.74, 6) is 1.74. The number of hydrogen-bond donors (Lipinski definition) is 1. The van der Waals surface area contributed by atoms with Gasteiger partial charge in [0.15, 0.2) is 11.0 Å². The van der Waals surface area contributed by atoms with Crippen molar-refractivity contribution in [1.29, 1.82) is 0 Å². The molecular formula is C12H12N4O2S2. The minimum Gasteiger partial charge on any atom is -0.390 e. The number of rotatable bonds is 5. The van der Waals surface area contributed by atoms with Crippen molar-refractivity contribution in [2.24, 2.45) is 7.05 Å². The Morgan fingerprint density at radius 2 is 2.40 bits per heavy atom. The van der Waals surface area contributed by atoms with Gasteiger partial charge in [-0.2, -0.15) is 16.3 Å². The topological polar surface area (TPSA) is 77.0 Å². The molecule has 0 spiro atoms. The number of thiophene rings is 1. The molecule has 104 valence electrons. The van der Waals surface area contributed by atoms with Crippen LogP contribution < -0.4 is 0 Å². The first-order chi connectivity index (χ1) is 9.78. The molecule has 6 nitrogen and oxygen atoms in total. The van der Waals surface area contributed by atoms with Crippen LogP contribution in [0.1, 0.15) is 11.5 Å². The average molecular weight is 308 g/mol. The van der Waals surface area contributed by atoms with Gasteiger partial charge in [-0.1, -0.05) is 16.9 Å². The maximum Gasteiger partial charge on any atom is 0.258 e. The van der Waals surface area contributed by atoms with Crippen LogP contribution in [0.25, 0.3) is 11.5 Å². The first kappa shape index (κ1) is 13.3. The van der Waals surface area contributed by atoms with Gasteiger partial charge < -0.3 is 14.2 Å². The van der Waals surface area contributed by atoms with Gasteiger partial charge >= 0.3 is 0 Å². The largest absolute Gasteiger partial charge is 0.390 e. The predicted octanol–water partition coefficient (Wildman–Crippen LogP) is 2.32. The molecule has 3 aromatic rings. The predicted molar refractivity (Wildman–Crippen MR) is 76.3 cm³/mol. The fourth-order valence-corrected chi connectivity index (χ4v) is 3.10. The van der Waals surface area contributed by atoms with Crippen LogP contribution in [0.2, 0.25) is 0 Å². The lowest BCUT2D eigenvalue weighted by Gasteiger charge is -2.01. The highest BCUT2D eigenvalue weighted by Crippen LogP contribution is 2.24. The van der Waals surface area contributed by atoms with Gasteiger partial charge in [-0.25, -0.2) is 4.98 Å². The molecule has 0 saturated carbocycles. The molecule has 0 saturated heterocycles. The van der Waals surface area contributed by atoms with E-state index in [0.29, 0.717) is 17.5 Å². The number of imidazole rings is 1. The first-order valence-corrected chi connectivity index (χ1v) is 7.80. The van der Waals surface area contributed by atoms with Crippen LogP contribution in [0, 0.1) is 0 Å². The van der Waals surface area contributed by atoms with Gasteiger partial charge in [0.2, 0.25) is 0 Å². The molecule has 0 aliphatic rings. The summed E-state index contributed by atoms with van der Waals surface area (Å²) in [7, 11) is 1.87. The van der Waals surface area contributed by atoms with Crippen LogP contribution in [0.5, 0.6) is 0 Å². The fourth-order valence-electron chi connectivity index (χ4n) is 1.65. The Kier molecular flexibility index (Phi) is 3.86. The monoisotopic (exact) mass is 308 g/mol. The van der Waals surface area contributed by atoms with E-state index < -0.39 is 0 Å². The minimum atomic E-state index is -0.0193. The normalized spacial score (nSPS) is 11.1. The highest BCUT2D eigenvalue weighted by atomic mass is 32.2. The number of aliphatic hydroxyl groups excluding tert-OH is 1. The number of hydrogen-bond acceptors (Lipinski definition) is 7. The third-order valence-electron chi connectivity index (χ3n) is 2.77. The van der Waals surface area contributed by atoms with Gasteiger partial charge in [0.1, 0.15) is 0 Å². The summed E-state index contributed by atoms with van der Waals surface area (Å²) < 4.78 is 7.07. The Bertz CT molecular complexity index is 690. The number of aromatic nitrogens is 4. The van der Waals surface area contributed by atoms with E-state index in [0.717, 1.165) is 16.4 Å². The van der Waals surface area contributed by atoms with Crippen LogP contribution in [-0.2, 0) is 19.4 Å². The zero-order chi connectivity index (χ0) is 13.9. The van der Waals surface area contributed by atoms with Crippen molar-refractivity contribution in [3.8, 4) is 11.5 Å². The summed E-state index contributed by atoms with van der Waals surface area (Å²) in [5, 5.41) is 17.8. The van der Waals surface area contributed by atoms with Gasteiger partial charge in [0.25, 0.3) is 5.89 Å². The lowest BCUT2D eigenvalue weighted by molar-refractivity contribution is 0.271. The van der Waals surface area contributed by atoms with Crippen LogP contribution in [0.3, 0.4) is 0 Å². The molecule has 0 fully saturated rings. The molecule has 0 unspecified atom stereocenters. The molecule has 0 atom stereocenters. The third kappa shape index (κ3) is 2.62. The van der Waals surface area contributed by atoms with Crippen molar-refractivity contribution in [3.63, 3.8) is 0 Å². The van der Waals surface area contributed by atoms with Crippen LogP contribution >= 0.6 is 23.1 Å². The van der Waals surface area contributed by atoms with E-state index in [2.05, 4.69) is 15.1 Å². The number of nitrogens with zero attached hydrogens (tertiary/aromatic N) is 4. The first-order valence-electron chi connectivity index (χ1n) is 5.87. The third-order valence-corrected chi connectivity index (χ3v) is 4.49. The summed E-state index contributed by atoms with van der Waals surface area (Å²) in [6.45, 7) is -0.0193. The molecule has 0 radical (unpaired) electrons. The van der Waals surface area contributed by atoms with Crippen molar-refractivity contribution >= 4 is 23.1 Å². The fraction of sp³-hybridized carbons (Fsp3) is 0.250. The molecule has 3 rings (SSSR count). The van der Waals surface area contributed by atoms with Gasteiger partial charge in [0.05, 0.1) is 29.8 Å². The van der Waals surface area contributed by atoms with E-state index in [1.54, 1.807) is 17.5 Å². The lowest BCUT2D eigenvalue weighted by atomic mass is 10.3. The SMILES string of the molecule is Cn1c(CO)cnc1SCc1noc(-c2ccsc2)n1. The molecule has 0 aliphatic carbocycles. The zero-order valence-corrected chi connectivity index (χ0v) is 12.3. The van der Waals surface area contributed by atoms with Gasteiger partial charge in [-0.15, -0.1) is 0 Å². The molecule has 0 bridgehead atoms. The smallest absolute Gasteiger partial charge is 0.258 e. The van der Waals surface area contributed by atoms with Crippen molar-refractivity contribution in [3.05, 3.63) is 34.5 Å². The Morgan fingerprint density at radius 1 is 1.50 bits per heavy atom. The van der Waals surface area contributed by atoms with E-state index in [-0.39, 0.29) is 6.61 Å². The molecule has 0 amide bonds. The average Bonchev–Trinajstić information content (AvgIpc) is 3.17. The van der Waals surface area contributed by atoms with E-state index in [9.17, 15) is 0 Å². The van der Waals surface area contributed by atoms with E-state index in [4.69, 9.17) is 9.63 Å². The van der Waals surface area contributed by atoms with Crippen molar-refractivity contribution in [1.82, 2.24) is 19.7 Å². The summed E-state index contributed by atoms with van der Waals surface area (Å²) in [6.07, 6.45) is 1.66. The molecule has 8 heteroatoms. The van der Waals surface area contributed by atoms with Crippen LogP contribution in [0.15, 0.2) is 32.7 Å². The Hall–Kier alpha value is -1.64. The highest BCUT2D eigenvalue weighted by molar-refractivity contribution is 7.98. The zero-order valence-electron chi connectivity index (χ0n) is 10.7. The summed E-state index contributed by atoms with van der Waals surface area (Å²) in [5.41, 5.74) is 1.72.